The van der Waals surface area contributed by atoms with Crippen molar-refractivity contribution < 1.29 is 4.52 Å². The van der Waals surface area contributed by atoms with Gasteiger partial charge in [0.25, 0.3) is 0 Å². The summed E-state index contributed by atoms with van der Waals surface area (Å²) in [6, 6.07) is 0. The summed E-state index contributed by atoms with van der Waals surface area (Å²) in [5.41, 5.74) is 6.69. The molecular weight excluding hydrogens is 152 g/mol. The van der Waals surface area contributed by atoms with E-state index in [1.54, 1.807) is 6.20 Å². The highest BCUT2D eigenvalue weighted by Crippen LogP contribution is 2.37. The molecule has 0 amide bonds. The monoisotopic (exact) mass is 166 g/mol. The van der Waals surface area contributed by atoms with Crippen molar-refractivity contribution in [2.75, 3.05) is 6.54 Å². The van der Waals surface area contributed by atoms with Crippen molar-refractivity contribution in [1.29, 1.82) is 0 Å². The topological polar surface area (TPSA) is 52.0 Å². The van der Waals surface area contributed by atoms with Gasteiger partial charge in [-0.1, -0.05) is 11.6 Å². The van der Waals surface area contributed by atoms with Crippen LogP contribution in [-0.4, -0.2) is 11.7 Å². The summed E-state index contributed by atoms with van der Waals surface area (Å²) in [5, 5.41) is 3.81. The quantitative estimate of drug-likeness (QED) is 0.739. The molecule has 3 nitrogen and oxygen atoms in total. The Bertz CT molecular complexity index is 253. The minimum Gasteiger partial charge on any atom is -0.361 e. The van der Waals surface area contributed by atoms with Gasteiger partial charge in [0, 0.05) is 11.5 Å². The number of rotatable bonds is 3. The number of aromatic nitrogens is 1. The van der Waals surface area contributed by atoms with Crippen LogP contribution in [0.5, 0.6) is 0 Å². The fourth-order valence-corrected chi connectivity index (χ4v) is 1.62. The Balaban J connectivity index is 2.12. The van der Waals surface area contributed by atoms with E-state index in [1.807, 2.05) is 0 Å². The van der Waals surface area contributed by atoms with E-state index < -0.39 is 0 Å². The Morgan fingerprint density at radius 1 is 1.58 bits per heavy atom. The molecule has 0 unspecified atom stereocenters. The fourth-order valence-electron chi connectivity index (χ4n) is 1.62. The summed E-state index contributed by atoms with van der Waals surface area (Å²) in [6.07, 6.45) is 6.54. The second-order valence-electron chi connectivity index (χ2n) is 3.38. The molecule has 1 aliphatic rings. The van der Waals surface area contributed by atoms with Gasteiger partial charge in [0.1, 0.15) is 5.76 Å². The molecule has 0 aromatic carbocycles. The minimum atomic E-state index is 0.633. The third-order valence-electron chi connectivity index (χ3n) is 2.57. The SMILES string of the molecule is NCCc1cnoc1C1CCC1. The van der Waals surface area contributed by atoms with E-state index in [1.165, 1.54) is 24.8 Å². The van der Waals surface area contributed by atoms with Crippen LogP contribution >= 0.6 is 0 Å². The smallest absolute Gasteiger partial charge is 0.143 e. The first kappa shape index (κ1) is 7.80. The highest BCUT2D eigenvalue weighted by molar-refractivity contribution is 5.19. The molecule has 0 bridgehead atoms. The number of hydrogen-bond donors (Lipinski definition) is 1. The van der Waals surface area contributed by atoms with Crippen molar-refractivity contribution in [2.45, 2.75) is 31.6 Å². The zero-order valence-electron chi connectivity index (χ0n) is 7.12. The molecule has 1 aliphatic carbocycles. The van der Waals surface area contributed by atoms with E-state index in [0.717, 1.165) is 12.2 Å². The normalized spacial score (nSPS) is 17.8. The van der Waals surface area contributed by atoms with Gasteiger partial charge in [-0.25, -0.2) is 0 Å². The molecule has 66 valence electrons. The van der Waals surface area contributed by atoms with Crippen LogP contribution in [-0.2, 0) is 6.42 Å². The third kappa shape index (κ3) is 1.25. The average molecular weight is 166 g/mol. The number of nitrogens with two attached hydrogens (primary N) is 1. The molecule has 1 fully saturated rings. The van der Waals surface area contributed by atoms with Gasteiger partial charge in [-0.2, -0.15) is 0 Å². The van der Waals surface area contributed by atoms with Gasteiger partial charge in [-0.15, -0.1) is 0 Å². The zero-order valence-corrected chi connectivity index (χ0v) is 7.12. The first-order chi connectivity index (χ1) is 5.92. The molecule has 1 aromatic rings. The highest BCUT2D eigenvalue weighted by Gasteiger charge is 2.25. The third-order valence-corrected chi connectivity index (χ3v) is 2.57. The van der Waals surface area contributed by atoms with Crippen LogP contribution in [0, 0.1) is 0 Å². The van der Waals surface area contributed by atoms with E-state index in [-0.39, 0.29) is 0 Å². The van der Waals surface area contributed by atoms with Crippen LogP contribution in [0.4, 0.5) is 0 Å². The van der Waals surface area contributed by atoms with Crippen LogP contribution in [0.15, 0.2) is 10.7 Å². The molecule has 3 heteroatoms. The maximum atomic E-state index is 5.48. The van der Waals surface area contributed by atoms with Crippen LogP contribution in [0.25, 0.3) is 0 Å². The highest BCUT2D eigenvalue weighted by atomic mass is 16.5. The number of nitrogens with zero attached hydrogens (tertiary/aromatic N) is 1. The first-order valence-electron chi connectivity index (χ1n) is 4.55. The Kier molecular flexibility index (Phi) is 2.13. The largest absolute Gasteiger partial charge is 0.361 e. The molecule has 0 spiro atoms. The Labute approximate surface area is 71.9 Å². The van der Waals surface area contributed by atoms with Gasteiger partial charge in [-0.05, 0) is 25.8 Å². The molecule has 1 saturated carbocycles. The second-order valence-corrected chi connectivity index (χ2v) is 3.38. The van der Waals surface area contributed by atoms with Crippen molar-refractivity contribution in [3.63, 3.8) is 0 Å². The maximum Gasteiger partial charge on any atom is 0.143 e. The van der Waals surface area contributed by atoms with Gasteiger partial charge in [0.2, 0.25) is 0 Å². The van der Waals surface area contributed by atoms with Crippen molar-refractivity contribution in [3.05, 3.63) is 17.5 Å². The average Bonchev–Trinajstić information content (AvgIpc) is 2.35. The lowest BCUT2D eigenvalue weighted by Crippen LogP contribution is -2.11. The van der Waals surface area contributed by atoms with Gasteiger partial charge in [0.15, 0.2) is 0 Å². The van der Waals surface area contributed by atoms with E-state index in [9.17, 15) is 0 Å². The van der Waals surface area contributed by atoms with Gasteiger partial charge in [-0.3, -0.25) is 0 Å². The van der Waals surface area contributed by atoms with Crippen molar-refractivity contribution in [1.82, 2.24) is 5.16 Å². The van der Waals surface area contributed by atoms with Crippen molar-refractivity contribution >= 4 is 0 Å². The Morgan fingerprint density at radius 3 is 3.00 bits per heavy atom. The molecular formula is C9H14N2O. The first-order valence-corrected chi connectivity index (χ1v) is 4.55. The minimum absolute atomic E-state index is 0.633. The van der Waals surface area contributed by atoms with Crippen LogP contribution in [0.1, 0.15) is 36.5 Å². The summed E-state index contributed by atoms with van der Waals surface area (Å²) < 4.78 is 5.22. The summed E-state index contributed by atoms with van der Waals surface area (Å²) in [5.74, 6) is 1.72. The summed E-state index contributed by atoms with van der Waals surface area (Å²) in [4.78, 5) is 0. The molecule has 1 heterocycles. The summed E-state index contributed by atoms with van der Waals surface area (Å²) in [6.45, 7) is 0.681. The zero-order chi connectivity index (χ0) is 8.39. The summed E-state index contributed by atoms with van der Waals surface area (Å²) in [7, 11) is 0. The lowest BCUT2D eigenvalue weighted by atomic mass is 9.82. The Hall–Kier alpha value is -0.830. The fraction of sp³-hybridized carbons (Fsp3) is 0.667. The molecule has 0 saturated heterocycles. The van der Waals surface area contributed by atoms with Gasteiger partial charge in [0.05, 0.1) is 6.20 Å². The molecule has 0 aliphatic heterocycles. The van der Waals surface area contributed by atoms with E-state index in [0.29, 0.717) is 12.5 Å². The Morgan fingerprint density at radius 2 is 2.42 bits per heavy atom. The molecule has 0 radical (unpaired) electrons. The van der Waals surface area contributed by atoms with E-state index >= 15 is 0 Å². The van der Waals surface area contributed by atoms with Crippen LogP contribution < -0.4 is 5.73 Å². The predicted octanol–water partition coefficient (Wildman–Crippen LogP) is 1.44. The second kappa shape index (κ2) is 3.27. The predicted molar refractivity (Wildman–Crippen MR) is 45.9 cm³/mol. The van der Waals surface area contributed by atoms with Crippen molar-refractivity contribution in [3.8, 4) is 0 Å². The lowest BCUT2D eigenvalue weighted by Gasteiger charge is -2.23. The van der Waals surface area contributed by atoms with Gasteiger partial charge >= 0.3 is 0 Å². The van der Waals surface area contributed by atoms with E-state index in [2.05, 4.69) is 5.16 Å². The van der Waals surface area contributed by atoms with Gasteiger partial charge < -0.3 is 10.3 Å². The molecule has 2 rings (SSSR count). The molecule has 2 N–H and O–H groups in total. The molecule has 0 atom stereocenters. The number of hydrogen-bond acceptors (Lipinski definition) is 3. The standard InChI is InChI=1S/C9H14N2O/c10-5-4-8-6-11-12-9(8)7-2-1-3-7/h6-7H,1-5,10H2. The maximum absolute atomic E-state index is 5.48. The lowest BCUT2D eigenvalue weighted by molar-refractivity contribution is 0.298. The van der Waals surface area contributed by atoms with E-state index in [4.69, 9.17) is 10.3 Å². The van der Waals surface area contributed by atoms with Crippen LogP contribution in [0.2, 0.25) is 0 Å². The summed E-state index contributed by atoms with van der Waals surface area (Å²) >= 11 is 0. The van der Waals surface area contributed by atoms with Crippen molar-refractivity contribution in [2.24, 2.45) is 5.73 Å². The molecule has 12 heavy (non-hydrogen) atoms. The van der Waals surface area contributed by atoms with Crippen LogP contribution in [0.3, 0.4) is 0 Å². The molecule has 1 aromatic heterocycles.